The summed E-state index contributed by atoms with van der Waals surface area (Å²) in [6, 6.07) is 0. The highest BCUT2D eigenvalue weighted by atomic mass is 16.5. The number of rotatable bonds is 5. The van der Waals surface area contributed by atoms with Crippen molar-refractivity contribution in [2.24, 2.45) is 0 Å². The van der Waals surface area contributed by atoms with E-state index in [0.717, 1.165) is 0 Å². The van der Waals surface area contributed by atoms with Crippen molar-refractivity contribution < 1.29 is 19.1 Å². The molecule has 110 valence electrons. The van der Waals surface area contributed by atoms with E-state index in [9.17, 15) is 9.59 Å². The summed E-state index contributed by atoms with van der Waals surface area (Å²) in [4.78, 5) is 24.9. The second kappa shape index (κ2) is 6.99. The lowest BCUT2D eigenvalue weighted by atomic mass is 10.2. The summed E-state index contributed by atoms with van der Waals surface area (Å²) in [7, 11) is 1.29. The normalized spacial score (nSPS) is 15.2. The molecule has 0 N–H and O–H groups in total. The topological polar surface area (TPSA) is 86.5 Å². The predicted molar refractivity (Wildman–Crippen MR) is 68.0 cm³/mol. The number of esters is 1. The van der Waals surface area contributed by atoms with Gasteiger partial charge in [-0.05, 0) is 6.42 Å². The van der Waals surface area contributed by atoms with Crippen LogP contribution in [0.25, 0.3) is 0 Å². The zero-order valence-corrected chi connectivity index (χ0v) is 11.4. The van der Waals surface area contributed by atoms with Crippen molar-refractivity contribution in [3.8, 4) is 0 Å². The molecule has 0 atom stereocenters. The summed E-state index contributed by atoms with van der Waals surface area (Å²) in [5.74, 6) is -0.387. The molecule has 1 amide bonds. The fraction of sp³-hybridized carbons (Fsp3) is 0.667. The molecule has 1 saturated heterocycles. The largest absolute Gasteiger partial charge is 0.464 e. The molecule has 0 aromatic carbocycles. The van der Waals surface area contributed by atoms with Crippen LogP contribution in [0.2, 0.25) is 0 Å². The molecule has 0 unspecified atom stereocenters. The molecule has 0 aliphatic carbocycles. The summed E-state index contributed by atoms with van der Waals surface area (Å²) >= 11 is 0. The molecule has 0 radical (unpaired) electrons. The molecule has 1 aromatic heterocycles. The number of hydrogen-bond acceptors (Lipinski definition) is 6. The highest BCUT2D eigenvalue weighted by Crippen LogP contribution is 2.04. The Balaban J connectivity index is 1.73. The molecule has 20 heavy (non-hydrogen) atoms. The van der Waals surface area contributed by atoms with E-state index in [0.29, 0.717) is 45.7 Å². The Kier molecular flexibility index (Phi) is 5.05. The van der Waals surface area contributed by atoms with Crippen molar-refractivity contribution in [1.29, 1.82) is 0 Å². The first-order valence-corrected chi connectivity index (χ1v) is 6.54. The maximum atomic E-state index is 11.9. The minimum atomic E-state index is -0.513. The molecule has 0 spiro atoms. The maximum absolute atomic E-state index is 11.9. The van der Waals surface area contributed by atoms with Crippen molar-refractivity contribution >= 4 is 11.9 Å². The number of methoxy groups -OCH3 is 1. The Bertz CT molecular complexity index is 468. The monoisotopic (exact) mass is 282 g/mol. The average Bonchev–Trinajstić information content (AvgIpc) is 2.96. The molecule has 8 nitrogen and oxygen atoms in total. The van der Waals surface area contributed by atoms with Gasteiger partial charge in [-0.15, -0.1) is 5.10 Å². The second-order valence-electron chi connectivity index (χ2n) is 4.46. The Morgan fingerprint density at radius 2 is 2.15 bits per heavy atom. The van der Waals surface area contributed by atoms with Crippen molar-refractivity contribution in [3.63, 3.8) is 0 Å². The minimum Gasteiger partial charge on any atom is -0.464 e. The molecule has 8 heteroatoms. The molecule has 0 saturated carbocycles. The molecule has 1 aromatic rings. The number of carbonyl (C=O) groups excluding carboxylic acids is 2. The molecular formula is C12H18N4O4. The molecular weight excluding hydrogens is 264 g/mol. The van der Waals surface area contributed by atoms with E-state index in [-0.39, 0.29) is 11.6 Å². The van der Waals surface area contributed by atoms with E-state index < -0.39 is 5.97 Å². The maximum Gasteiger partial charge on any atom is 0.360 e. The summed E-state index contributed by atoms with van der Waals surface area (Å²) in [5, 5.41) is 7.52. The summed E-state index contributed by atoms with van der Waals surface area (Å²) in [5.41, 5.74) is 0.173. The minimum absolute atomic E-state index is 0.126. The van der Waals surface area contributed by atoms with Gasteiger partial charge in [-0.3, -0.25) is 9.48 Å². The van der Waals surface area contributed by atoms with Crippen LogP contribution in [0.15, 0.2) is 6.20 Å². The van der Waals surface area contributed by atoms with Crippen LogP contribution >= 0.6 is 0 Å². The number of hydrogen-bond donors (Lipinski definition) is 0. The van der Waals surface area contributed by atoms with Gasteiger partial charge in [0, 0.05) is 26.1 Å². The van der Waals surface area contributed by atoms with Gasteiger partial charge in [-0.1, -0.05) is 5.21 Å². The standard InChI is InChI=1S/C12H18N4O4/c1-19-12(18)10-9-16(14-13-10)4-2-3-11(17)15-5-7-20-8-6-15/h9H,2-8H2,1H3. The zero-order valence-electron chi connectivity index (χ0n) is 11.4. The lowest BCUT2D eigenvalue weighted by Gasteiger charge is -2.26. The van der Waals surface area contributed by atoms with Crippen LogP contribution in [0.3, 0.4) is 0 Å². The Labute approximate surface area is 116 Å². The molecule has 2 heterocycles. The Morgan fingerprint density at radius 1 is 1.40 bits per heavy atom. The first-order valence-electron chi connectivity index (χ1n) is 6.54. The third-order valence-electron chi connectivity index (χ3n) is 3.07. The predicted octanol–water partition coefficient (Wildman–Crippen LogP) is -0.296. The van der Waals surface area contributed by atoms with Crippen LogP contribution in [-0.2, 0) is 20.8 Å². The number of ether oxygens (including phenoxy) is 2. The molecule has 1 aliphatic heterocycles. The van der Waals surface area contributed by atoms with Crippen molar-refractivity contribution in [3.05, 3.63) is 11.9 Å². The summed E-state index contributed by atoms with van der Waals surface area (Å²) < 4.78 is 11.3. The number of nitrogens with zero attached hydrogens (tertiary/aromatic N) is 4. The molecule has 1 aliphatic rings. The van der Waals surface area contributed by atoms with E-state index in [1.54, 1.807) is 4.68 Å². The highest BCUT2D eigenvalue weighted by molar-refractivity contribution is 5.86. The van der Waals surface area contributed by atoms with Crippen molar-refractivity contribution in [2.75, 3.05) is 33.4 Å². The summed E-state index contributed by atoms with van der Waals surface area (Å²) in [6.07, 6.45) is 2.62. The van der Waals surface area contributed by atoms with Crippen LogP contribution in [0.4, 0.5) is 0 Å². The van der Waals surface area contributed by atoms with Gasteiger partial charge in [-0.25, -0.2) is 4.79 Å². The first-order chi connectivity index (χ1) is 9.70. The third kappa shape index (κ3) is 3.77. The fourth-order valence-electron chi connectivity index (χ4n) is 1.97. The van der Waals surface area contributed by atoms with Crippen LogP contribution in [0.5, 0.6) is 0 Å². The second-order valence-corrected chi connectivity index (χ2v) is 4.46. The van der Waals surface area contributed by atoms with Gasteiger partial charge in [0.1, 0.15) is 0 Å². The molecule has 2 rings (SSSR count). The quantitative estimate of drug-likeness (QED) is 0.689. The van der Waals surface area contributed by atoms with Crippen LogP contribution in [0, 0.1) is 0 Å². The molecule has 1 fully saturated rings. The van der Waals surface area contributed by atoms with E-state index in [2.05, 4.69) is 15.0 Å². The SMILES string of the molecule is COC(=O)c1cn(CCCC(=O)N2CCOCC2)nn1. The van der Waals surface area contributed by atoms with Crippen LogP contribution in [-0.4, -0.2) is 65.2 Å². The van der Waals surface area contributed by atoms with Gasteiger partial charge in [0.2, 0.25) is 5.91 Å². The average molecular weight is 282 g/mol. The molecule has 0 bridgehead atoms. The zero-order chi connectivity index (χ0) is 14.4. The van der Waals surface area contributed by atoms with Gasteiger partial charge < -0.3 is 14.4 Å². The smallest absolute Gasteiger partial charge is 0.360 e. The number of aryl methyl sites for hydroxylation is 1. The van der Waals surface area contributed by atoms with Gasteiger partial charge >= 0.3 is 5.97 Å². The number of morpholine rings is 1. The highest BCUT2D eigenvalue weighted by Gasteiger charge is 2.16. The summed E-state index contributed by atoms with van der Waals surface area (Å²) in [6.45, 7) is 3.08. The van der Waals surface area contributed by atoms with Gasteiger partial charge in [-0.2, -0.15) is 0 Å². The third-order valence-corrected chi connectivity index (χ3v) is 3.07. The lowest BCUT2D eigenvalue weighted by molar-refractivity contribution is -0.135. The number of aromatic nitrogens is 3. The van der Waals surface area contributed by atoms with E-state index in [4.69, 9.17) is 4.74 Å². The lowest BCUT2D eigenvalue weighted by Crippen LogP contribution is -2.40. The number of amides is 1. The van der Waals surface area contributed by atoms with Gasteiger partial charge in [0.25, 0.3) is 0 Å². The van der Waals surface area contributed by atoms with Crippen molar-refractivity contribution in [2.45, 2.75) is 19.4 Å². The van der Waals surface area contributed by atoms with E-state index in [1.165, 1.54) is 13.3 Å². The Morgan fingerprint density at radius 3 is 2.85 bits per heavy atom. The van der Waals surface area contributed by atoms with Crippen LogP contribution < -0.4 is 0 Å². The Hall–Kier alpha value is -1.96. The van der Waals surface area contributed by atoms with Gasteiger partial charge in [0.05, 0.1) is 26.5 Å². The van der Waals surface area contributed by atoms with E-state index in [1.807, 2.05) is 4.90 Å². The van der Waals surface area contributed by atoms with Crippen molar-refractivity contribution in [1.82, 2.24) is 19.9 Å². The van der Waals surface area contributed by atoms with Crippen LogP contribution in [0.1, 0.15) is 23.3 Å². The van der Waals surface area contributed by atoms with E-state index >= 15 is 0 Å². The first kappa shape index (κ1) is 14.4. The fourth-order valence-corrected chi connectivity index (χ4v) is 1.97. The number of carbonyl (C=O) groups is 2. The van der Waals surface area contributed by atoms with Gasteiger partial charge in [0.15, 0.2) is 5.69 Å².